The highest BCUT2D eigenvalue weighted by molar-refractivity contribution is 6.52. The Morgan fingerprint density at radius 2 is 1.65 bits per heavy atom. The van der Waals surface area contributed by atoms with Crippen molar-refractivity contribution in [1.82, 2.24) is 4.90 Å². The molecule has 134 valence electrons. The number of carbonyl (C=O) groups excluding carboxylic acids is 2. The molecule has 0 atom stereocenters. The number of amides is 2. The highest BCUT2D eigenvalue weighted by Gasteiger charge is 2.41. The molecule has 2 aromatic carbocycles. The molecular weight excluding hydrogens is 352 g/mol. The Balaban J connectivity index is 1.89. The Morgan fingerprint density at radius 1 is 1.00 bits per heavy atom. The summed E-state index contributed by atoms with van der Waals surface area (Å²) in [5.41, 5.74) is 1.73. The SMILES string of the molecule is CCN(Cc1ccccc1)C1=C(Cl)C(=O)N(c2ccc(OC)cc2)C1=O. The molecule has 1 aliphatic rings. The van der Waals surface area contributed by atoms with Gasteiger partial charge in [-0.1, -0.05) is 41.9 Å². The van der Waals surface area contributed by atoms with Crippen molar-refractivity contribution in [2.75, 3.05) is 18.6 Å². The van der Waals surface area contributed by atoms with Crippen molar-refractivity contribution in [3.8, 4) is 5.75 Å². The molecule has 1 heterocycles. The van der Waals surface area contributed by atoms with Crippen LogP contribution in [0.5, 0.6) is 5.75 Å². The second-order valence-electron chi connectivity index (χ2n) is 5.81. The molecule has 0 unspecified atom stereocenters. The fourth-order valence-corrected chi connectivity index (χ4v) is 3.17. The first kappa shape index (κ1) is 18.0. The van der Waals surface area contributed by atoms with Gasteiger partial charge in [-0.2, -0.15) is 0 Å². The van der Waals surface area contributed by atoms with Crippen LogP contribution in [0.25, 0.3) is 0 Å². The lowest BCUT2D eigenvalue weighted by molar-refractivity contribution is -0.121. The number of carbonyl (C=O) groups is 2. The van der Waals surface area contributed by atoms with Crippen LogP contribution >= 0.6 is 11.6 Å². The molecule has 0 N–H and O–H groups in total. The monoisotopic (exact) mass is 370 g/mol. The third-order valence-electron chi connectivity index (χ3n) is 4.25. The van der Waals surface area contributed by atoms with Crippen LogP contribution in [0, 0.1) is 0 Å². The third-order valence-corrected chi connectivity index (χ3v) is 4.59. The Morgan fingerprint density at radius 3 is 2.23 bits per heavy atom. The number of nitrogens with zero attached hydrogens (tertiary/aromatic N) is 2. The molecular formula is C20H19ClN2O3. The van der Waals surface area contributed by atoms with Gasteiger partial charge in [0.25, 0.3) is 11.8 Å². The second kappa shape index (κ2) is 7.62. The fourth-order valence-electron chi connectivity index (χ4n) is 2.88. The van der Waals surface area contributed by atoms with Crippen LogP contribution in [0.15, 0.2) is 65.3 Å². The predicted molar refractivity (Wildman–Crippen MR) is 101 cm³/mol. The van der Waals surface area contributed by atoms with E-state index in [1.807, 2.05) is 42.2 Å². The molecule has 5 nitrogen and oxygen atoms in total. The molecule has 0 spiro atoms. The summed E-state index contributed by atoms with van der Waals surface area (Å²) < 4.78 is 5.12. The van der Waals surface area contributed by atoms with Crippen LogP contribution < -0.4 is 9.64 Å². The number of halogens is 1. The van der Waals surface area contributed by atoms with E-state index in [-0.39, 0.29) is 10.7 Å². The average molecular weight is 371 g/mol. The summed E-state index contributed by atoms with van der Waals surface area (Å²) >= 11 is 6.27. The summed E-state index contributed by atoms with van der Waals surface area (Å²) in [6.45, 7) is 2.97. The zero-order valence-corrected chi connectivity index (χ0v) is 15.4. The molecule has 2 amide bonds. The van der Waals surface area contributed by atoms with Crippen LogP contribution in [0.1, 0.15) is 12.5 Å². The van der Waals surface area contributed by atoms with Crippen molar-refractivity contribution in [3.05, 3.63) is 70.9 Å². The molecule has 0 saturated heterocycles. The highest BCUT2D eigenvalue weighted by atomic mass is 35.5. The average Bonchev–Trinajstić information content (AvgIpc) is 2.90. The van der Waals surface area contributed by atoms with Crippen LogP contribution in [-0.4, -0.2) is 30.4 Å². The van der Waals surface area contributed by atoms with Crippen LogP contribution in [0.3, 0.4) is 0 Å². The maximum Gasteiger partial charge on any atom is 0.283 e. The maximum absolute atomic E-state index is 13.0. The lowest BCUT2D eigenvalue weighted by Crippen LogP contribution is -2.35. The van der Waals surface area contributed by atoms with Gasteiger partial charge in [0.2, 0.25) is 0 Å². The standard InChI is InChI=1S/C20H19ClN2O3/c1-3-22(13-14-7-5-4-6-8-14)18-17(21)19(24)23(20(18)25)15-9-11-16(26-2)12-10-15/h4-12H,3,13H2,1-2H3. The lowest BCUT2D eigenvalue weighted by Gasteiger charge is -2.24. The van der Waals surface area contributed by atoms with E-state index >= 15 is 0 Å². The molecule has 0 fully saturated rings. The number of methoxy groups -OCH3 is 1. The summed E-state index contributed by atoms with van der Waals surface area (Å²) in [6, 6.07) is 16.5. The first-order chi connectivity index (χ1) is 12.6. The van der Waals surface area contributed by atoms with Gasteiger partial charge in [0.1, 0.15) is 16.5 Å². The van der Waals surface area contributed by atoms with E-state index in [0.717, 1.165) is 10.5 Å². The topological polar surface area (TPSA) is 49.9 Å². The number of benzene rings is 2. The molecule has 2 aromatic rings. The van der Waals surface area contributed by atoms with E-state index in [1.54, 1.807) is 31.4 Å². The van der Waals surface area contributed by atoms with E-state index in [2.05, 4.69) is 0 Å². The predicted octanol–water partition coefficient (Wildman–Crippen LogP) is 3.54. The number of hydrogen-bond donors (Lipinski definition) is 0. The Labute approximate surface area is 157 Å². The van der Waals surface area contributed by atoms with Crippen molar-refractivity contribution in [2.24, 2.45) is 0 Å². The van der Waals surface area contributed by atoms with Crippen LogP contribution in [-0.2, 0) is 16.1 Å². The zero-order chi connectivity index (χ0) is 18.7. The van der Waals surface area contributed by atoms with E-state index in [4.69, 9.17) is 16.3 Å². The molecule has 0 aliphatic carbocycles. The van der Waals surface area contributed by atoms with Gasteiger partial charge >= 0.3 is 0 Å². The van der Waals surface area contributed by atoms with Crippen molar-refractivity contribution < 1.29 is 14.3 Å². The molecule has 0 radical (unpaired) electrons. The molecule has 1 aliphatic heterocycles. The minimum Gasteiger partial charge on any atom is -0.497 e. The van der Waals surface area contributed by atoms with Gasteiger partial charge in [0.05, 0.1) is 12.8 Å². The summed E-state index contributed by atoms with van der Waals surface area (Å²) in [4.78, 5) is 28.5. The van der Waals surface area contributed by atoms with Gasteiger partial charge in [-0.15, -0.1) is 0 Å². The van der Waals surface area contributed by atoms with Gasteiger partial charge in [0.15, 0.2) is 0 Å². The Kier molecular flexibility index (Phi) is 5.28. The number of likely N-dealkylation sites (N-methyl/N-ethyl adjacent to an activating group) is 1. The van der Waals surface area contributed by atoms with Crippen molar-refractivity contribution in [2.45, 2.75) is 13.5 Å². The van der Waals surface area contributed by atoms with Crippen LogP contribution in [0.4, 0.5) is 5.69 Å². The highest BCUT2D eigenvalue weighted by Crippen LogP contribution is 2.32. The minimum absolute atomic E-state index is 0.0522. The smallest absolute Gasteiger partial charge is 0.283 e. The quantitative estimate of drug-likeness (QED) is 0.730. The van der Waals surface area contributed by atoms with Gasteiger partial charge in [0, 0.05) is 13.1 Å². The van der Waals surface area contributed by atoms with Gasteiger partial charge in [-0.05, 0) is 36.8 Å². The van der Waals surface area contributed by atoms with E-state index in [0.29, 0.717) is 24.5 Å². The maximum atomic E-state index is 13.0. The minimum atomic E-state index is -0.511. The summed E-state index contributed by atoms with van der Waals surface area (Å²) in [7, 11) is 1.56. The first-order valence-electron chi connectivity index (χ1n) is 8.28. The molecule has 0 bridgehead atoms. The number of rotatable bonds is 6. The number of ether oxygens (including phenoxy) is 1. The normalized spacial score (nSPS) is 14.2. The Hall–Kier alpha value is -2.79. The Bertz CT molecular complexity index is 847. The van der Waals surface area contributed by atoms with Crippen LogP contribution in [0.2, 0.25) is 0 Å². The molecule has 0 aromatic heterocycles. The van der Waals surface area contributed by atoms with Crippen molar-refractivity contribution >= 4 is 29.1 Å². The van der Waals surface area contributed by atoms with Gasteiger partial charge in [-0.25, -0.2) is 4.90 Å². The number of imide groups is 1. The van der Waals surface area contributed by atoms with Gasteiger partial charge in [-0.3, -0.25) is 9.59 Å². The van der Waals surface area contributed by atoms with Crippen molar-refractivity contribution in [1.29, 1.82) is 0 Å². The number of hydrogen-bond acceptors (Lipinski definition) is 4. The zero-order valence-electron chi connectivity index (χ0n) is 14.6. The van der Waals surface area contributed by atoms with Gasteiger partial charge < -0.3 is 9.64 Å². The third kappa shape index (κ3) is 3.30. The molecule has 26 heavy (non-hydrogen) atoms. The number of anilines is 1. The molecule has 6 heteroatoms. The van der Waals surface area contributed by atoms with E-state index in [1.165, 1.54) is 0 Å². The second-order valence-corrected chi connectivity index (χ2v) is 6.18. The molecule has 0 saturated carbocycles. The lowest BCUT2D eigenvalue weighted by atomic mass is 10.2. The summed E-state index contributed by atoms with van der Waals surface area (Å²) in [5.74, 6) is -0.280. The summed E-state index contributed by atoms with van der Waals surface area (Å²) in [5, 5.41) is -0.0522. The fraction of sp³-hybridized carbons (Fsp3) is 0.200. The largest absolute Gasteiger partial charge is 0.497 e. The van der Waals surface area contributed by atoms with E-state index < -0.39 is 11.8 Å². The first-order valence-corrected chi connectivity index (χ1v) is 8.66. The van der Waals surface area contributed by atoms with E-state index in [9.17, 15) is 9.59 Å². The molecule has 3 rings (SSSR count). The van der Waals surface area contributed by atoms with Crippen molar-refractivity contribution in [3.63, 3.8) is 0 Å². The summed E-state index contributed by atoms with van der Waals surface area (Å²) in [6.07, 6.45) is 0.